The average Bonchev–Trinajstić information content (AvgIpc) is 2.72. The lowest BCUT2D eigenvalue weighted by atomic mass is 10.2. The van der Waals surface area contributed by atoms with Crippen LogP contribution in [0.25, 0.3) is 0 Å². The molecule has 0 radical (unpaired) electrons. The summed E-state index contributed by atoms with van der Waals surface area (Å²) in [7, 11) is -4.29. The molecule has 10 nitrogen and oxygen atoms in total. The number of nitrogens with two attached hydrogens (primary N) is 1. The summed E-state index contributed by atoms with van der Waals surface area (Å²) in [6.07, 6.45) is 0. The smallest absolute Gasteiger partial charge is 0.293 e. The van der Waals surface area contributed by atoms with E-state index in [4.69, 9.17) is 15.2 Å². The first-order chi connectivity index (χ1) is 14.1. The number of carbonyl (C=O) groups excluding carboxylic acids is 1. The largest absolute Gasteiger partial charge is 0.374 e. The second-order valence-corrected chi connectivity index (χ2v) is 8.36. The molecule has 0 spiro atoms. The van der Waals surface area contributed by atoms with Gasteiger partial charge in [-0.2, -0.15) is 0 Å². The molecule has 3 rings (SSSR count). The first kappa shape index (κ1) is 21.6. The number of hydrogen-bond acceptors (Lipinski definition) is 8. The average molecular weight is 439 g/mol. The number of ether oxygens (including phenoxy) is 2. The Morgan fingerprint density at radius 2 is 2.00 bits per heavy atom. The second kappa shape index (κ2) is 8.34. The fraction of sp³-hybridized carbons (Fsp3) is 0.278. The van der Waals surface area contributed by atoms with Crippen molar-refractivity contribution in [1.29, 1.82) is 0 Å². The molecule has 1 saturated heterocycles. The number of nitro groups is 1. The number of sulfone groups is 1. The van der Waals surface area contributed by atoms with E-state index in [2.05, 4.69) is 5.32 Å². The molecule has 3 N–H and O–H groups in total. The van der Waals surface area contributed by atoms with E-state index in [0.717, 1.165) is 18.2 Å². The third kappa shape index (κ3) is 4.40. The van der Waals surface area contributed by atoms with E-state index in [0.29, 0.717) is 0 Å². The number of halogens is 1. The molecule has 1 aliphatic heterocycles. The summed E-state index contributed by atoms with van der Waals surface area (Å²) in [4.78, 5) is 21.5. The predicted octanol–water partition coefficient (Wildman–Crippen LogP) is 1.65. The number of nitrogens with zero attached hydrogens (tertiary/aromatic N) is 1. The Labute approximate surface area is 170 Å². The van der Waals surface area contributed by atoms with Crippen LogP contribution in [0.1, 0.15) is 10.4 Å². The van der Waals surface area contributed by atoms with Gasteiger partial charge in [-0.15, -0.1) is 0 Å². The van der Waals surface area contributed by atoms with Crippen LogP contribution in [0.5, 0.6) is 0 Å². The Morgan fingerprint density at radius 3 is 2.63 bits per heavy atom. The van der Waals surface area contributed by atoms with E-state index in [1.165, 1.54) is 24.3 Å². The molecule has 1 aliphatic rings. The third-order valence-corrected chi connectivity index (χ3v) is 6.18. The quantitative estimate of drug-likeness (QED) is 0.488. The lowest BCUT2D eigenvalue weighted by molar-refractivity contribution is -0.384. The maximum atomic E-state index is 14.5. The fourth-order valence-electron chi connectivity index (χ4n) is 2.89. The molecule has 30 heavy (non-hydrogen) atoms. The van der Waals surface area contributed by atoms with Gasteiger partial charge in [0, 0.05) is 6.07 Å². The minimum atomic E-state index is -4.29. The fourth-order valence-corrected chi connectivity index (χ4v) is 4.37. The van der Waals surface area contributed by atoms with E-state index in [9.17, 15) is 27.7 Å². The van der Waals surface area contributed by atoms with Crippen LogP contribution in [0.2, 0.25) is 0 Å². The molecule has 2 aromatic carbocycles. The van der Waals surface area contributed by atoms with E-state index >= 15 is 0 Å². The molecular formula is C18H18FN3O7S. The minimum absolute atomic E-state index is 0.0384. The SMILES string of the molecule is NC(=O)c1ccccc1S(=O)(=O)c1ccc(NCC2(F)COCCO2)c([N+](=O)[O-])c1. The van der Waals surface area contributed by atoms with Crippen LogP contribution in [0.4, 0.5) is 15.8 Å². The number of primary amides is 1. The monoisotopic (exact) mass is 439 g/mol. The maximum absolute atomic E-state index is 14.5. The summed E-state index contributed by atoms with van der Waals surface area (Å²) in [6, 6.07) is 8.36. The van der Waals surface area contributed by atoms with E-state index in [-0.39, 0.29) is 36.0 Å². The summed E-state index contributed by atoms with van der Waals surface area (Å²) in [5, 5.41) is 14.1. The van der Waals surface area contributed by atoms with E-state index in [1.54, 1.807) is 0 Å². The van der Waals surface area contributed by atoms with Gasteiger partial charge < -0.3 is 20.5 Å². The van der Waals surface area contributed by atoms with Gasteiger partial charge in [-0.25, -0.2) is 12.8 Å². The standard InChI is InChI=1S/C18H18FN3O7S/c19-18(11-28-7-8-29-18)10-21-14-6-5-12(9-15(14)22(24)25)30(26,27)16-4-2-1-3-13(16)17(20)23/h1-6,9,21H,7-8,10-11H2,(H2,20,23). The number of benzene rings is 2. The van der Waals surface area contributed by atoms with Crippen molar-refractivity contribution in [2.75, 3.05) is 31.7 Å². The van der Waals surface area contributed by atoms with Crippen LogP contribution < -0.4 is 11.1 Å². The van der Waals surface area contributed by atoms with Gasteiger partial charge in [0.25, 0.3) is 5.69 Å². The van der Waals surface area contributed by atoms with Crippen molar-refractivity contribution >= 4 is 27.1 Å². The zero-order valence-electron chi connectivity index (χ0n) is 15.5. The molecule has 0 bridgehead atoms. The Balaban J connectivity index is 1.95. The molecule has 1 atom stereocenters. The highest BCUT2D eigenvalue weighted by molar-refractivity contribution is 7.91. The van der Waals surface area contributed by atoms with Crippen molar-refractivity contribution in [3.8, 4) is 0 Å². The Morgan fingerprint density at radius 1 is 1.27 bits per heavy atom. The Kier molecular flexibility index (Phi) is 6.01. The summed E-state index contributed by atoms with van der Waals surface area (Å²) < 4.78 is 50.4. The van der Waals surface area contributed by atoms with Crippen molar-refractivity contribution in [2.45, 2.75) is 15.6 Å². The molecule has 2 aromatic rings. The van der Waals surface area contributed by atoms with Crippen LogP contribution in [0.3, 0.4) is 0 Å². The summed E-state index contributed by atoms with van der Waals surface area (Å²) in [5.74, 6) is -3.12. The second-order valence-electron chi connectivity index (χ2n) is 6.44. The molecule has 12 heteroatoms. The summed E-state index contributed by atoms with van der Waals surface area (Å²) >= 11 is 0. The van der Waals surface area contributed by atoms with Crippen molar-refractivity contribution in [1.82, 2.24) is 0 Å². The van der Waals surface area contributed by atoms with Crippen molar-refractivity contribution in [3.05, 3.63) is 58.1 Å². The molecule has 160 valence electrons. The van der Waals surface area contributed by atoms with Gasteiger partial charge in [0.05, 0.1) is 40.0 Å². The first-order valence-electron chi connectivity index (χ1n) is 8.71. The van der Waals surface area contributed by atoms with Gasteiger partial charge in [0.15, 0.2) is 0 Å². The van der Waals surface area contributed by atoms with Crippen molar-refractivity contribution in [3.63, 3.8) is 0 Å². The molecule has 1 amide bonds. The number of nitro benzene ring substituents is 1. The number of amides is 1. The lowest BCUT2D eigenvalue weighted by Gasteiger charge is -2.29. The van der Waals surface area contributed by atoms with Gasteiger partial charge in [0.2, 0.25) is 21.6 Å². The zero-order chi connectivity index (χ0) is 21.9. The highest BCUT2D eigenvalue weighted by Gasteiger charge is 2.35. The number of carbonyl (C=O) groups is 1. The van der Waals surface area contributed by atoms with Gasteiger partial charge in [-0.3, -0.25) is 14.9 Å². The van der Waals surface area contributed by atoms with Crippen molar-refractivity contribution in [2.24, 2.45) is 5.73 Å². The van der Waals surface area contributed by atoms with E-state index in [1.807, 2.05) is 0 Å². The maximum Gasteiger partial charge on any atom is 0.293 e. The highest BCUT2D eigenvalue weighted by atomic mass is 32.2. The van der Waals surface area contributed by atoms with Crippen LogP contribution in [0.15, 0.2) is 52.3 Å². The highest BCUT2D eigenvalue weighted by Crippen LogP contribution is 2.32. The third-order valence-electron chi connectivity index (χ3n) is 4.37. The summed E-state index contributed by atoms with van der Waals surface area (Å²) in [6.45, 7) is -0.503. The molecule has 0 aliphatic carbocycles. The molecule has 1 heterocycles. The van der Waals surface area contributed by atoms with Crippen LogP contribution in [-0.2, 0) is 19.3 Å². The van der Waals surface area contributed by atoms with Crippen molar-refractivity contribution < 1.29 is 32.0 Å². The minimum Gasteiger partial charge on any atom is -0.374 e. The first-order valence-corrected chi connectivity index (χ1v) is 10.2. The number of nitrogens with one attached hydrogen (secondary N) is 1. The molecular weight excluding hydrogens is 421 g/mol. The van der Waals surface area contributed by atoms with Crippen LogP contribution in [-0.4, -0.2) is 51.5 Å². The molecule has 0 aromatic heterocycles. The van der Waals surface area contributed by atoms with Gasteiger partial charge in [-0.1, -0.05) is 12.1 Å². The van der Waals surface area contributed by atoms with Crippen LogP contribution in [0, 0.1) is 10.1 Å². The molecule has 0 saturated carbocycles. The number of rotatable bonds is 7. The van der Waals surface area contributed by atoms with Crippen LogP contribution >= 0.6 is 0 Å². The normalized spacial score (nSPS) is 19.2. The predicted molar refractivity (Wildman–Crippen MR) is 103 cm³/mol. The van der Waals surface area contributed by atoms with Gasteiger partial charge in [-0.05, 0) is 24.3 Å². The Hall–Kier alpha value is -3.09. The lowest BCUT2D eigenvalue weighted by Crippen LogP contribution is -2.44. The van der Waals surface area contributed by atoms with Gasteiger partial charge in [0.1, 0.15) is 12.3 Å². The summed E-state index contributed by atoms with van der Waals surface area (Å²) in [5.41, 5.74) is 4.30. The zero-order valence-corrected chi connectivity index (χ0v) is 16.4. The molecule has 1 fully saturated rings. The van der Waals surface area contributed by atoms with E-state index < -0.39 is 43.7 Å². The number of alkyl halides is 1. The number of anilines is 1. The molecule has 1 unspecified atom stereocenters. The Bertz CT molecular complexity index is 1080. The topological polar surface area (TPSA) is 151 Å². The number of hydrogen-bond donors (Lipinski definition) is 2. The van der Waals surface area contributed by atoms with Gasteiger partial charge >= 0.3 is 0 Å².